The smallest absolute Gasteiger partial charge is 0.324 e. The third kappa shape index (κ3) is 4.01. The molecule has 0 atom stereocenters. The van der Waals surface area contributed by atoms with Gasteiger partial charge in [-0.2, -0.15) is 0 Å². The van der Waals surface area contributed by atoms with E-state index >= 15 is 0 Å². The molecule has 0 aromatic carbocycles. The van der Waals surface area contributed by atoms with Gasteiger partial charge in [0.05, 0.1) is 4.92 Å². The summed E-state index contributed by atoms with van der Waals surface area (Å²) in [5.74, 6) is 0.776. The molecule has 0 amide bonds. The van der Waals surface area contributed by atoms with E-state index in [1.807, 2.05) is 26.2 Å². The molecule has 2 aromatic rings. The van der Waals surface area contributed by atoms with Crippen LogP contribution in [0.25, 0.3) is 0 Å². The minimum Gasteiger partial charge on any atom is -0.366 e. The van der Waals surface area contributed by atoms with Crippen LogP contribution in [0.3, 0.4) is 0 Å². The molecule has 0 radical (unpaired) electrons. The summed E-state index contributed by atoms with van der Waals surface area (Å²) in [6, 6.07) is 5.54. The summed E-state index contributed by atoms with van der Waals surface area (Å²) in [7, 11) is 4.02. The SMILES string of the molecule is CN(C)Cc1ccnc(NCc2csc([N+](=O)[O-])c2)c1. The third-order valence-corrected chi connectivity index (χ3v) is 3.55. The first kappa shape index (κ1) is 14.4. The first-order chi connectivity index (χ1) is 9.54. The number of nitro groups is 1. The minimum atomic E-state index is -0.371. The Kier molecular flexibility index (Phi) is 4.65. The highest BCUT2D eigenvalue weighted by Crippen LogP contribution is 2.23. The quantitative estimate of drug-likeness (QED) is 0.654. The van der Waals surface area contributed by atoms with Gasteiger partial charge >= 0.3 is 5.00 Å². The van der Waals surface area contributed by atoms with Crippen LogP contribution in [-0.2, 0) is 13.1 Å². The van der Waals surface area contributed by atoms with Gasteiger partial charge in [0.2, 0.25) is 0 Å². The van der Waals surface area contributed by atoms with Crippen LogP contribution in [0, 0.1) is 10.1 Å². The van der Waals surface area contributed by atoms with E-state index in [-0.39, 0.29) is 9.92 Å². The predicted molar refractivity (Wildman–Crippen MR) is 79.9 cm³/mol. The highest BCUT2D eigenvalue weighted by atomic mass is 32.1. The van der Waals surface area contributed by atoms with E-state index in [9.17, 15) is 10.1 Å². The summed E-state index contributed by atoms with van der Waals surface area (Å²) in [5.41, 5.74) is 2.06. The monoisotopic (exact) mass is 292 g/mol. The maximum atomic E-state index is 10.6. The van der Waals surface area contributed by atoms with Crippen molar-refractivity contribution < 1.29 is 4.92 Å². The molecule has 20 heavy (non-hydrogen) atoms. The van der Waals surface area contributed by atoms with Crippen LogP contribution >= 0.6 is 11.3 Å². The summed E-state index contributed by atoms with van der Waals surface area (Å²) in [6.45, 7) is 1.38. The zero-order valence-corrected chi connectivity index (χ0v) is 12.2. The standard InChI is InChI=1S/C13H16N4O2S/c1-16(2)8-10-3-4-14-12(5-10)15-7-11-6-13(17(18)19)20-9-11/h3-6,9H,7-8H2,1-2H3,(H,14,15). The molecule has 6 nitrogen and oxygen atoms in total. The Morgan fingerprint density at radius 1 is 1.40 bits per heavy atom. The summed E-state index contributed by atoms with van der Waals surface area (Å²) in [6.07, 6.45) is 1.76. The predicted octanol–water partition coefficient (Wildman–Crippen LogP) is 2.73. The van der Waals surface area contributed by atoms with E-state index in [0.717, 1.165) is 29.3 Å². The molecule has 106 valence electrons. The van der Waals surface area contributed by atoms with Gasteiger partial charge in [0.1, 0.15) is 5.82 Å². The first-order valence-electron chi connectivity index (χ1n) is 6.10. The zero-order valence-electron chi connectivity index (χ0n) is 11.4. The molecule has 0 bridgehead atoms. The van der Waals surface area contributed by atoms with Crippen molar-refractivity contribution in [2.24, 2.45) is 0 Å². The molecule has 0 spiro atoms. The van der Waals surface area contributed by atoms with Gasteiger partial charge in [-0.3, -0.25) is 10.1 Å². The number of hydrogen-bond acceptors (Lipinski definition) is 6. The van der Waals surface area contributed by atoms with E-state index in [4.69, 9.17) is 0 Å². The molecular weight excluding hydrogens is 276 g/mol. The van der Waals surface area contributed by atoms with Gasteiger partial charge in [-0.15, -0.1) is 0 Å². The number of anilines is 1. The van der Waals surface area contributed by atoms with Crippen LogP contribution in [0.5, 0.6) is 0 Å². The van der Waals surface area contributed by atoms with Gasteiger partial charge in [-0.1, -0.05) is 11.3 Å². The van der Waals surface area contributed by atoms with Crippen LogP contribution in [-0.4, -0.2) is 28.9 Å². The maximum Gasteiger partial charge on any atom is 0.324 e. The summed E-state index contributed by atoms with van der Waals surface area (Å²) < 4.78 is 0. The Labute approximate surface area is 121 Å². The second kappa shape index (κ2) is 6.44. The zero-order chi connectivity index (χ0) is 14.5. The molecule has 2 heterocycles. The van der Waals surface area contributed by atoms with Crippen LogP contribution in [0.2, 0.25) is 0 Å². The number of pyridine rings is 1. The molecule has 7 heteroatoms. The Morgan fingerprint density at radius 2 is 2.20 bits per heavy atom. The Morgan fingerprint density at radius 3 is 2.85 bits per heavy atom. The van der Waals surface area contributed by atoms with Crippen molar-refractivity contribution in [3.8, 4) is 0 Å². The summed E-state index contributed by atoms with van der Waals surface area (Å²) >= 11 is 1.14. The average molecular weight is 292 g/mol. The number of rotatable bonds is 6. The molecule has 2 aromatic heterocycles. The molecule has 0 saturated heterocycles. The van der Waals surface area contributed by atoms with Crippen LogP contribution < -0.4 is 5.32 Å². The van der Waals surface area contributed by atoms with Gasteiger partial charge < -0.3 is 10.2 Å². The lowest BCUT2D eigenvalue weighted by molar-refractivity contribution is -0.380. The second-order valence-electron chi connectivity index (χ2n) is 4.69. The lowest BCUT2D eigenvalue weighted by Crippen LogP contribution is -2.11. The van der Waals surface area contributed by atoms with Crippen LogP contribution in [0.15, 0.2) is 29.8 Å². The van der Waals surface area contributed by atoms with Crippen molar-refractivity contribution in [1.82, 2.24) is 9.88 Å². The number of nitrogens with one attached hydrogen (secondary N) is 1. The molecule has 0 aliphatic heterocycles. The molecule has 2 rings (SSSR count). The molecule has 0 aliphatic carbocycles. The van der Waals surface area contributed by atoms with Crippen molar-refractivity contribution in [1.29, 1.82) is 0 Å². The lowest BCUT2D eigenvalue weighted by Gasteiger charge is -2.11. The fraction of sp³-hybridized carbons (Fsp3) is 0.308. The highest BCUT2D eigenvalue weighted by Gasteiger charge is 2.09. The van der Waals surface area contributed by atoms with E-state index in [0.29, 0.717) is 6.54 Å². The topological polar surface area (TPSA) is 71.3 Å². The first-order valence-corrected chi connectivity index (χ1v) is 6.98. The third-order valence-electron chi connectivity index (χ3n) is 2.62. The Bertz CT molecular complexity index is 598. The largest absolute Gasteiger partial charge is 0.366 e. The van der Waals surface area contributed by atoms with Gasteiger partial charge in [0.25, 0.3) is 0 Å². The normalized spacial score (nSPS) is 10.8. The lowest BCUT2D eigenvalue weighted by atomic mass is 10.2. The summed E-state index contributed by atoms with van der Waals surface area (Å²) in [5, 5.41) is 15.7. The Hall–Kier alpha value is -1.99. The second-order valence-corrected chi connectivity index (χ2v) is 5.58. The van der Waals surface area contributed by atoms with Gasteiger partial charge in [-0.25, -0.2) is 4.98 Å². The molecule has 0 unspecified atom stereocenters. The molecule has 0 fully saturated rings. The maximum absolute atomic E-state index is 10.6. The van der Waals surface area contributed by atoms with Crippen LogP contribution in [0.4, 0.5) is 10.8 Å². The van der Waals surface area contributed by atoms with Gasteiger partial charge in [-0.05, 0) is 37.4 Å². The van der Waals surface area contributed by atoms with Gasteiger partial charge in [0, 0.05) is 30.7 Å². The van der Waals surface area contributed by atoms with Crippen molar-refractivity contribution in [2.75, 3.05) is 19.4 Å². The number of thiophene rings is 1. The minimum absolute atomic E-state index is 0.163. The Balaban J connectivity index is 1.97. The number of aromatic nitrogens is 1. The average Bonchev–Trinajstić information content (AvgIpc) is 2.85. The van der Waals surface area contributed by atoms with Crippen LogP contribution in [0.1, 0.15) is 11.1 Å². The van der Waals surface area contributed by atoms with Crippen molar-refractivity contribution >= 4 is 22.2 Å². The molecule has 0 aliphatic rings. The molecular formula is C13H16N4O2S. The van der Waals surface area contributed by atoms with Crippen molar-refractivity contribution in [3.05, 3.63) is 51.0 Å². The van der Waals surface area contributed by atoms with Gasteiger partial charge in [0.15, 0.2) is 0 Å². The summed E-state index contributed by atoms with van der Waals surface area (Å²) in [4.78, 5) is 16.6. The highest BCUT2D eigenvalue weighted by molar-refractivity contribution is 7.13. The number of hydrogen-bond donors (Lipinski definition) is 1. The van der Waals surface area contributed by atoms with E-state index in [1.165, 1.54) is 5.56 Å². The molecule has 1 N–H and O–H groups in total. The van der Waals surface area contributed by atoms with Crippen molar-refractivity contribution in [3.63, 3.8) is 0 Å². The van der Waals surface area contributed by atoms with Crippen molar-refractivity contribution in [2.45, 2.75) is 13.1 Å². The van der Waals surface area contributed by atoms with E-state index in [2.05, 4.69) is 15.2 Å². The van der Waals surface area contributed by atoms with E-state index < -0.39 is 0 Å². The van der Waals surface area contributed by atoms with E-state index in [1.54, 1.807) is 17.6 Å². The fourth-order valence-corrected chi connectivity index (χ4v) is 2.51. The fourth-order valence-electron chi connectivity index (χ4n) is 1.78. The number of nitrogens with zero attached hydrogens (tertiary/aromatic N) is 3. The molecule has 0 saturated carbocycles.